The van der Waals surface area contributed by atoms with Gasteiger partial charge in [-0.25, -0.2) is 0 Å². The van der Waals surface area contributed by atoms with Crippen LogP contribution in [0.15, 0.2) is 34.1 Å². The number of hydrogen-bond donors (Lipinski definition) is 1. The third-order valence-corrected chi connectivity index (χ3v) is 4.91. The Labute approximate surface area is 115 Å². The standard InChI is InChI=1S/C14H16BrNS/c1-9-4-5-12(8-13(9)15)16-11(3)14-10(2)6-7-17-14/h4-8,11,16H,1-3H3. The molecule has 1 N–H and O–H groups in total. The molecule has 0 radical (unpaired) electrons. The highest BCUT2D eigenvalue weighted by Gasteiger charge is 2.09. The first-order valence-corrected chi connectivity index (χ1v) is 7.32. The lowest BCUT2D eigenvalue weighted by atomic mass is 10.1. The van der Waals surface area contributed by atoms with Crippen molar-refractivity contribution < 1.29 is 0 Å². The Kier molecular flexibility index (Phi) is 3.89. The molecule has 1 aromatic carbocycles. The fraction of sp³-hybridized carbons (Fsp3) is 0.286. The van der Waals surface area contributed by atoms with Gasteiger partial charge in [0.2, 0.25) is 0 Å². The smallest absolute Gasteiger partial charge is 0.0581 e. The number of halogens is 1. The third kappa shape index (κ3) is 2.90. The van der Waals surface area contributed by atoms with Crippen molar-refractivity contribution in [3.8, 4) is 0 Å². The first-order valence-electron chi connectivity index (χ1n) is 5.64. The fourth-order valence-corrected chi connectivity index (χ4v) is 3.14. The van der Waals surface area contributed by atoms with Crippen LogP contribution in [0.1, 0.15) is 29.0 Å². The number of nitrogens with one attached hydrogen (secondary N) is 1. The van der Waals surface area contributed by atoms with Crippen molar-refractivity contribution in [2.75, 3.05) is 5.32 Å². The Morgan fingerprint density at radius 2 is 1.94 bits per heavy atom. The van der Waals surface area contributed by atoms with Crippen LogP contribution in [0.5, 0.6) is 0 Å². The van der Waals surface area contributed by atoms with Crippen LogP contribution < -0.4 is 5.32 Å². The van der Waals surface area contributed by atoms with E-state index in [-0.39, 0.29) is 0 Å². The van der Waals surface area contributed by atoms with Gasteiger partial charge in [-0.1, -0.05) is 22.0 Å². The van der Waals surface area contributed by atoms with E-state index in [1.807, 2.05) is 11.3 Å². The van der Waals surface area contributed by atoms with E-state index in [1.54, 1.807) is 0 Å². The summed E-state index contributed by atoms with van der Waals surface area (Å²) in [5, 5.41) is 5.68. The monoisotopic (exact) mass is 309 g/mol. The molecule has 90 valence electrons. The molecule has 0 fully saturated rings. The van der Waals surface area contributed by atoms with E-state index in [9.17, 15) is 0 Å². The van der Waals surface area contributed by atoms with Crippen molar-refractivity contribution in [1.29, 1.82) is 0 Å². The average molecular weight is 310 g/mol. The van der Waals surface area contributed by atoms with Gasteiger partial charge in [-0.05, 0) is 55.5 Å². The lowest BCUT2D eigenvalue weighted by molar-refractivity contribution is 0.899. The molecule has 2 aromatic rings. The Morgan fingerprint density at radius 1 is 1.18 bits per heavy atom. The zero-order valence-electron chi connectivity index (χ0n) is 10.3. The quantitative estimate of drug-likeness (QED) is 0.811. The minimum absolute atomic E-state index is 0.351. The summed E-state index contributed by atoms with van der Waals surface area (Å²) in [6, 6.07) is 8.91. The predicted molar refractivity (Wildman–Crippen MR) is 80.0 cm³/mol. The van der Waals surface area contributed by atoms with E-state index in [0.717, 1.165) is 10.2 Å². The maximum absolute atomic E-state index is 3.56. The van der Waals surface area contributed by atoms with Gasteiger partial charge in [0.05, 0.1) is 6.04 Å². The zero-order chi connectivity index (χ0) is 12.4. The van der Waals surface area contributed by atoms with Gasteiger partial charge in [-0.3, -0.25) is 0 Å². The summed E-state index contributed by atoms with van der Waals surface area (Å²) in [4.78, 5) is 1.40. The van der Waals surface area contributed by atoms with Crippen LogP contribution in [-0.2, 0) is 0 Å². The number of aryl methyl sites for hydroxylation is 2. The molecule has 1 aromatic heterocycles. The first kappa shape index (κ1) is 12.7. The van der Waals surface area contributed by atoms with Gasteiger partial charge in [0, 0.05) is 15.0 Å². The zero-order valence-corrected chi connectivity index (χ0v) is 12.7. The fourth-order valence-electron chi connectivity index (χ4n) is 1.83. The molecule has 0 aliphatic rings. The summed E-state index contributed by atoms with van der Waals surface area (Å²) in [7, 11) is 0. The van der Waals surface area contributed by atoms with Gasteiger partial charge in [0.1, 0.15) is 0 Å². The lowest BCUT2D eigenvalue weighted by Gasteiger charge is -2.15. The summed E-state index contributed by atoms with van der Waals surface area (Å²) in [6.07, 6.45) is 0. The minimum atomic E-state index is 0.351. The molecule has 1 nitrogen and oxygen atoms in total. The minimum Gasteiger partial charge on any atom is -0.378 e. The van der Waals surface area contributed by atoms with E-state index in [4.69, 9.17) is 0 Å². The number of thiophene rings is 1. The third-order valence-electron chi connectivity index (χ3n) is 2.85. The molecule has 3 heteroatoms. The Bertz CT molecular complexity index is 519. The molecule has 0 saturated heterocycles. The predicted octanol–water partition coefficient (Wildman–Crippen LogP) is 5.30. The normalized spacial score (nSPS) is 12.5. The molecule has 17 heavy (non-hydrogen) atoms. The van der Waals surface area contributed by atoms with Crippen LogP contribution >= 0.6 is 27.3 Å². The highest BCUT2D eigenvalue weighted by Crippen LogP contribution is 2.28. The maximum Gasteiger partial charge on any atom is 0.0581 e. The molecule has 0 spiro atoms. The Balaban J connectivity index is 2.16. The number of benzene rings is 1. The van der Waals surface area contributed by atoms with Crippen molar-refractivity contribution in [1.82, 2.24) is 0 Å². The summed E-state index contributed by atoms with van der Waals surface area (Å²) in [5.41, 5.74) is 3.78. The Morgan fingerprint density at radius 3 is 2.53 bits per heavy atom. The molecular formula is C14H16BrNS. The van der Waals surface area contributed by atoms with Crippen LogP contribution in [0.3, 0.4) is 0 Å². The van der Waals surface area contributed by atoms with Gasteiger partial charge in [-0.2, -0.15) is 0 Å². The highest BCUT2D eigenvalue weighted by molar-refractivity contribution is 9.10. The molecule has 1 unspecified atom stereocenters. The van der Waals surface area contributed by atoms with E-state index in [2.05, 4.69) is 71.7 Å². The molecule has 0 aliphatic heterocycles. The number of hydrogen-bond acceptors (Lipinski definition) is 2. The summed E-state index contributed by atoms with van der Waals surface area (Å²) >= 11 is 5.37. The molecule has 1 heterocycles. The van der Waals surface area contributed by atoms with Gasteiger partial charge in [0.25, 0.3) is 0 Å². The van der Waals surface area contributed by atoms with E-state index < -0.39 is 0 Å². The van der Waals surface area contributed by atoms with Gasteiger partial charge < -0.3 is 5.32 Å². The second kappa shape index (κ2) is 5.23. The molecule has 1 atom stereocenters. The second-order valence-corrected chi connectivity index (χ2v) is 6.10. The number of rotatable bonds is 3. The van der Waals surface area contributed by atoms with Gasteiger partial charge in [0.15, 0.2) is 0 Å². The Hall–Kier alpha value is -0.800. The van der Waals surface area contributed by atoms with Crippen molar-refractivity contribution in [3.05, 3.63) is 50.1 Å². The average Bonchev–Trinajstić information content (AvgIpc) is 2.70. The molecule has 0 saturated carbocycles. The van der Waals surface area contributed by atoms with Crippen LogP contribution in [0.2, 0.25) is 0 Å². The molecule has 0 amide bonds. The largest absolute Gasteiger partial charge is 0.378 e. The van der Waals surface area contributed by atoms with Crippen LogP contribution in [0, 0.1) is 13.8 Å². The molecule has 0 bridgehead atoms. The van der Waals surface area contributed by atoms with E-state index in [1.165, 1.54) is 16.0 Å². The van der Waals surface area contributed by atoms with E-state index >= 15 is 0 Å². The highest BCUT2D eigenvalue weighted by atomic mass is 79.9. The second-order valence-electron chi connectivity index (χ2n) is 4.30. The van der Waals surface area contributed by atoms with Crippen LogP contribution in [0.25, 0.3) is 0 Å². The summed E-state index contributed by atoms with van der Waals surface area (Å²) < 4.78 is 1.15. The molecule has 0 aliphatic carbocycles. The number of anilines is 1. The topological polar surface area (TPSA) is 12.0 Å². The SMILES string of the molecule is Cc1ccc(NC(C)c2sccc2C)cc1Br. The van der Waals surface area contributed by atoms with Crippen LogP contribution in [0.4, 0.5) is 5.69 Å². The van der Waals surface area contributed by atoms with Gasteiger partial charge in [-0.15, -0.1) is 11.3 Å². The van der Waals surface area contributed by atoms with E-state index in [0.29, 0.717) is 6.04 Å². The van der Waals surface area contributed by atoms with Gasteiger partial charge >= 0.3 is 0 Å². The summed E-state index contributed by atoms with van der Waals surface area (Å²) in [6.45, 7) is 6.46. The maximum atomic E-state index is 3.56. The van der Waals surface area contributed by atoms with Crippen molar-refractivity contribution >= 4 is 33.0 Å². The summed E-state index contributed by atoms with van der Waals surface area (Å²) in [5.74, 6) is 0. The van der Waals surface area contributed by atoms with Crippen molar-refractivity contribution in [3.63, 3.8) is 0 Å². The lowest BCUT2D eigenvalue weighted by Crippen LogP contribution is -2.06. The van der Waals surface area contributed by atoms with Crippen LogP contribution in [-0.4, -0.2) is 0 Å². The van der Waals surface area contributed by atoms with Crippen molar-refractivity contribution in [2.45, 2.75) is 26.8 Å². The molecule has 2 rings (SSSR count). The van der Waals surface area contributed by atoms with Crippen molar-refractivity contribution in [2.24, 2.45) is 0 Å². The first-order chi connectivity index (χ1) is 8.08. The molecular weight excluding hydrogens is 294 g/mol.